The lowest BCUT2D eigenvalue weighted by atomic mass is 10.1. The fraction of sp³-hybridized carbons (Fsp3) is 0.308. The summed E-state index contributed by atoms with van der Waals surface area (Å²) in [6, 6.07) is 10.2. The van der Waals surface area contributed by atoms with Crippen LogP contribution in [0.5, 0.6) is 0 Å². The highest BCUT2D eigenvalue weighted by Gasteiger charge is 2.07. The number of aliphatic hydroxyl groups is 1. The van der Waals surface area contributed by atoms with E-state index in [4.69, 9.17) is 0 Å². The first-order chi connectivity index (χ1) is 8.38. The van der Waals surface area contributed by atoms with Crippen LogP contribution >= 0.6 is 0 Å². The number of aromatic amines is 1. The number of aliphatic hydroxyl groups excluding tert-OH is 1. The highest BCUT2D eigenvalue weighted by atomic mass is 16.3. The Balaban J connectivity index is 1.85. The van der Waals surface area contributed by atoms with Gasteiger partial charge in [-0.2, -0.15) is 0 Å². The van der Waals surface area contributed by atoms with E-state index in [1.165, 1.54) is 5.56 Å². The highest BCUT2D eigenvalue weighted by molar-refractivity contribution is 5.16. The minimum absolute atomic E-state index is 0.0701. The molecule has 3 N–H and O–H groups in total. The highest BCUT2D eigenvalue weighted by Crippen LogP contribution is 2.03. The second-order valence-electron chi connectivity index (χ2n) is 4.03. The average molecular weight is 231 g/mol. The minimum atomic E-state index is 0.0701. The maximum absolute atomic E-state index is 9.33. The van der Waals surface area contributed by atoms with E-state index in [0.29, 0.717) is 6.54 Å². The van der Waals surface area contributed by atoms with Gasteiger partial charge in [-0.3, -0.25) is 0 Å². The first kappa shape index (κ1) is 11.8. The second-order valence-corrected chi connectivity index (χ2v) is 4.03. The number of H-pyrrole nitrogens is 1. The Labute approximate surface area is 101 Å². The summed E-state index contributed by atoms with van der Waals surface area (Å²) in [6.45, 7) is 0.821. The van der Waals surface area contributed by atoms with E-state index >= 15 is 0 Å². The van der Waals surface area contributed by atoms with Crippen LogP contribution in [0.15, 0.2) is 42.9 Å². The van der Waals surface area contributed by atoms with Crippen LogP contribution in [0.25, 0.3) is 0 Å². The molecular formula is C13H17N3O. The molecule has 0 spiro atoms. The standard InChI is InChI=1S/C13H17N3O/c17-9-12(6-11-4-2-1-3-5-11)15-8-13-7-14-10-16-13/h1-5,7,10,12,15,17H,6,8-9H2,(H,14,16)/t12-/m0/s1. The van der Waals surface area contributed by atoms with Crippen molar-refractivity contribution < 1.29 is 5.11 Å². The number of nitrogens with one attached hydrogen (secondary N) is 2. The van der Waals surface area contributed by atoms with Crippen LogP contribution < -0.4 is 5.32 Å². The number of nitrogens with zero attached hydrogens (tertiary/aromatic N) is 1. The fourth-order valence-corrected chi connectivity index (χ4v) is 1.74. The number of aromatic nitrogens is 2. The SMILES string of the molecule is OC[C@H](Cc1ccccc1)NCc1cnc[nH]1. The summed E-state index contributed by atoms with van der Waals surface area (Å²) in [6.07, 6.45) is 4.26. The molecule has 4 heteroatoms. The summed E-state index contributed by atoms with van der Waals surface area (Å²) in [5.41, 5.74) is 2.25. The predicted octanol–water partition coefficient (Wildman–Crippen LogP) is 1.10. The van der Waals surface area contributed by atoms with E-state index < -0.39 is 0 Å². The third-order valence-electron chi connectivity index (χ3n) is 2.68. The molecule has 2 rings (SSSR count). The molecule has 1 aromatic carbocycles. The summed E-state index contributed by atoms with van der Waals surface area (Å²) >= 11 is 0. The van der Waals surface area contributed by atoms with E-state index in [1.54, 1.807) is 12.5 Å². The lowest BCUT2D eigenvalue weighted by Crippen LogP contribution is -2.34. The average Bonchev–Trinajstić information content (AvgIpc) is 2.89. The van der Waals surface area contributed by atoms with Gasteiger partial charge in [0, 0.05) is 24.5 Å². The van der Waals surface area contributed by atoms with Crippen molar-refractivity contribution >= 4 is 0 Å². The topological polar surface area (TPSA) is 60.9 Å². The number of hydrogen-bond donors (Lipinski definition) is 3. The molecule has 0 radical (unpaired) electrons. The summed E-state index contributed by atoms with van der Waals surface area (Å²) in [5, 5.41) is 12.6. The van der Waals surface area contributed by atoms with Gasteiger partial charge in [-0.1, -0.05) is 30.3 Å². The van der Waals surface area contributed by atoms with Crippen molar-refractivity contribution in [3.8, 4) is 0 Å². The Morgan fingerprint density at radius 3 is 2.76 bits per heavy atom. The van der Waals surface area contributed by atoms with Crippen molar-refractivity contribution in [1.29, 1.82) is 0 Å². The zero-order valence-electron chi connectivity index (χ0n) is 9.63. The summed E-state index contributed by atoms with van der Waals surface area (Å²) in [5.74, 6) is 0. The molecule has 0 aliphatic rings. The van der Waals surface area contributed by atoms with E-state index in [2.05, 4.69) is 27.4 Å². The number of hydrogen-bond acceptors (Lipinski definition) is 3. The van der Waals surface area contributed by atoms with Gasteiger partial charge in [0.05, 0.1) is 12.9 Å². The van der Waals surface area contributed by atoms with Crippen LogP contribution in [0.2, 0.25) is 0 Å². The fourth-order valence-electron chi connectivity index (χ4n) is 1.74. The van der Waals surface area contributed by atoms with Gasteiger partial charge in [-0.15, -0.1) is 0 Å². The second kappa shape index (κ2) is 6.18. The molecule has 1 aromatic heterocycles. The van der Waals surface area contributed by atoms with Crippen molar-refractivity contribution in [1.82, 2.24) is 15.3 Å². The molecule has 0 bridgehead atoms. The Morgan fingerprint density at radius 1 is 1.29 bits per heavy atom. The smallest absolute Gasteiger partial charge is 0.0922 e. The van der Waals surface area contributed by atoms with Crippen molar-refractivity contribution in [2.45, 2.75) is 19.0 Å². The van der Waals surface area contributed by atoms with E-state index in [1.807, 2.05) is 18.2 Å². The number of rotatable bonds is 6. The van der Waals surface area contributed by atoms with Crippen molar-refractivity contribution in [2.24, 2.45) is 0 Å². The van der Waals surface area contributed by atoms with Crippen LogP contribution in [0.4, 0.5) is 0 Å². The van der Waals surface area contributed by atoms with Gasteiger partial charge in [0.1, 0.15) is 0 Å². The Morgan fingerprint density at radius 2 is 2.12 bits per heavy atom. The predicted molar refractivity (Wildman–Crippen MR) is 66.4 cm³/mol. The summed E-state index contributed by atoms with van der Waals surface area (Å²) < 4.78 is 0. The molecule has 17 heavy (non-hydrogen) atoms. The zero-order valence-corrected chi connectivity index (χ0v) is 9.63. The van der Waals surface area contributed by atoms with Gasteiger partial charge in [0.2, 0.25) is 0 Å². The molecular weight excluding hydrogens is 214 g/mol. The third kappa shape index (κ3) is 3.69. The molecule has 0 amide bonds. The maximum atomic E-state index is 9.33. The van der Waals surface area contributed by atoms with Gasteiger partial charge in [-0.05, 0) is 12.0 Å². The lowest BCUT2D eigenvalue weighted by molar-refractivity contribution is 0.240. The first-order valence-electron chi connectivity index (χ1n) is 5.74. The van der Waals surface area contributed by atoms with Crippen molar-refractivity contribution in [2.75, 3.05) is 6.61 Å². The molecule has 1 atom stereocenters. The first-order valence-corrected chi connectivity index (χ1v) is 5.74. The molecule has 90 valence electrons. The van der Waals surface area contributed by atoms with E-state index in [9.17, 15) is 5.11 Å². The molecule has 0 unspecified atom stereocenters. The van der Waals surface area contributed by atoms with Gasteiger partial charge >= 0.3 is 0 Å². The van der Waals surface area contributed by atoms with Crippen molar-refractivity contribution in [3.63, 3.8) is 0 Å². The molecule has 2 aromatic rings. The molecule has 0 aliphatic carbocycles. The van der Waals surface area contributed by atoms with Gasteiger partial charge in [0.25, 0.3) is 0 Å². The van der Waals surface area contributed by atoms with Crippen LogP contribution in [-0.2, 0) is 13.0 Å². The quantitative estimate of drug-likeness (QED) is 0.697. The summed E-state index contributed by atoms with van der Waals surface area (Å²) in [7, 11) is 0. The van der Waals surface area contributed by atoms with Crippen LogP contribution in [0.3, 0.4) is 0 Å². The van der Waals surface area contributed by atoms with Crippen LogP contribution in [-0.4, -0.2) is 27.7 Å². The van der Waals surface area contributed by atoms with Crippen LogP contribution in [0.1, 0.15) is 11.3 Å². The van der Waals surface area contributed by atoms with Gasteiger partial charge in [-0.25, -0.2) is 4.98 Å². The number of imidazole rings is 1. The van der Waals surface area contributed by atoms with Crippen molar-refractivity contribution in [3.05, 3.63) is 54.1 Å². The molecule has 1 heterocycles. The number of benzene rings is 1. The van der Waals surface area contributed by atoms with E-state index in [-0.39, 0.29) is 12.6 Å². The maximum Gasteiger partial charge on any atom is 0.0922 e. The lowest BCUT2D eigenvalue weighted by Gasteiger charge is -2.15. The molecule has 0 saturated heterocycles. The largest absolute Gasteiger partial charge is 0.395 e. The zero-order chi connectivity index (χ0) is 11.9. The molecule has 0 fully saturated rings. The Hall–Kier alpha value is -1.65. The van der Waals surface area contributed by atoms with Gasteiger partial charge < -0.3 is 15.4 Å². The molecule has 0 saturated carbocycles. The van der Waals surface area contributed by atoms with Crippen LogP contribution in [0, 0.1) is 0 Å². The Bertz CT molecular complexity index is 413. The minimum Gasteiger partial charge on any atom is -0.395 e. The molecule has 4 nitrogen and oxygen atoms in total. The normalized spacial score (nSPS) is 12.5. The van der Waals surface area contributed by atoms with Gasteiger partial charge in [0.15, 0.2) is 0 Å². The monoisotopic (exact) mass is 231 g/mol. The molecule has 0 aliphatic heterocycles. The third-order valence-corrected chi connectivity index (χ3v) is 2.68. The Kier molecular flexibility index (Phi) is 4.30. The van der Waals surface area contributed by atoms with E-state index in [0.717, 1.165) is 12.1 Å². The summed E-state index contributed by atoms with van der Waals surface area (Å²) in [4.78, 5) is 6.98.